The molecule has 8 aromatic rings. The topological polar surface area (TPSA) is 59.6 Å². The fourth-order valence-corrected chi connectivity index (χ4v) is 7.94. The number of pyridine rings is 1. The summed E-state index contributed by atoms with van der Waals surface area (Å²) < 4.78 is 13.7. The lowest BCUT2D eigenvalue weighted by Gasteiger charge is -2.20. The molecule has 0 aliphatic heterocycles. The Morgan fingerprint density at radius 3 is 2.09 bits per heavy atom. The molecule has 0 aliphatic carbocycles. The fraction of sp³-hybridized carbons (Fsp3) is 0.245. The highest BCUT2D eigenvalue weighted by atomic mass is 16.5. The van der Waals surface area contributed by atoms with Crippen LogP contribution in [0.2, 0.25) is 0 Å². The second kappa shape index (κ2) is 14.2. The van der Waals surface area contributed by atoms with E-state index in [9.17, 15) is 5.26 Å². The highest BCUT2D eigenvalue weighted by molar-refractivity contribution is 6.09. The number of benzene rings is 5. The lowest BCUT2D eigenvalue weighted by Crippen LogP contribution is -2.33. The largest absolute Gasteiger partial charge is 0.453 e. The van der Waals surface area contributed by atoms with Crippen molar-refractivity contribution in [1.82, 2.24) is 14.1 Å². The number of aromatic nitrogens is 4. The molecule has 0 amide bonds. The Hall–Kier alpha value is -6.19. The van der Waals surface area contributed by atoms with Crippen molar-refractivity contribution in [1.29, 1.82) is 5.26 Å². The van der Waals surface area contributed by atoms with Crippen molar-refractivity contribution >= 4 is 32.8 Å². The van der Waals surface area contributed by atoms with Crippen LogP contribution in [0.5, 0.6) is 11.5 Å². The molecular weight excluding hydrogens is 675 g/mol. The summed E-state index contributed by atoms with van der Waals surface area (Å²) in [5.74, 6) is 3.23. The quantitative estimate of drug-likeness (QED) is 0.139. The summed E-state index contributed by atoms with van der Waals surface area (Å²) in [5.41, 5.74) is 10.7. The number of rotatable bonds is 9. The van der Waals surface area contributed by atoms with Gasteiger partial charge in [-0.25, -0.2) is 4.98 Å². The molecule has 3 aromatic heterocycles. The normalized spacial score (nSPS) is 12.0. The molecule has 55 heavy (non-hydrogen) atoms. The monoisotopic (exact) mass is 722 g/mol. The first kappa shape index (κ1) is 35.8. The van der Waals surface area contributed by atoms with Crippen LogP contribution in [0.4, 0.5) is 0 Å². The number of imidazole rings is 1. The molecule has 0 N–H and O–H groups in total. The van der Waals surface area contributed by atoms with Crippen LogP contribution in [-0.4, -0.2) is 14.1 Å². The van der Waals surface area contributed by atoms with Crippen molar-refractivity contribution in [3.8, 4) is 34.8 Å². The molecule has 3 heterocycles. The Kier molecular flexibility index (Phi) is 9.27. The standard InChI is InChI=1S/C49H48N5O/c1-32(2)24-35-26-34(30-50)27-36(25-33(3)4)48(35)53-31-52(42-16-10-11-17-43(42)53)44-18-12-13-19-46(44)55-38-20-21-40-39-14-8-9-15-41(39)54(45(40)29-38)47-28-37(22-23-51-47)49(5,6)7/h8-23,26-29,31-33H,24-25H2,1-7H3/q+1. The van der Waals surface area contributed by atoms with Gasteiger partial charge in [0.1, 0.15) is 17.3 Å². The maximum atomic E-state index is 10.0. The van der Waals surface area contributed by atoms with Crippen molar-refractivity contribution in [2.75, 3.05) is 0 Å². The Labute approximate surface area is 323 Å². The van der Waals surface area contributed by atoms with Crippen molar-refractivity contribution in [2.24, 2.45) is 11.8 Å². The van der Waals surface area contributed by atoms with E-state index in [4.69, 9.17) is 9.72 Å². The third-order valence-corrected chi connectivity index (χ3v) is 10.4. The summed E-state index contributed by atoms with van der Waals surface area (Å²) in [6.45, 7) is 15.7. The van der Waals surface area contributed by atoms with Crippen LogP contribution in [-0.2, 0) is 18.3 Å². The zero-order valence-corrected chi connectivity index (χ0v) is 32.8. The Morgan fingerprint density at radius 1 is 0.727 bits per heavy atom. The van der Waals surface area contributed by atoms with E-state index in [2.05, 4.69) is 178 Å². The number of hydrogen-bond donors (Lipinski definition) is 0. The summed E-state index contributed by atoms with van der Waals surface area (Å²) in [6.07, 6.45) is 5.85. The molecule has 0 atom stereocenters. The summed E-state index contributed by atoms with van der Waals surface area (Å²) in [7, 11) is 0. The molecular formula is C49H48N5O+. The van der Waals surface area contributed by atoms with E-state index in [1.165, 1.54) is 22.1 Å². The van der Waals surface area contributed by atoms with Gasteiger partial charge < -0.3 is 4.74 Å². The smallest absolute Gasteiger partial charge is 0.255 e. The zero-order valence-electron chi connectivity index (χ0n) is 32.8. The first-order valence-corrected chi connectivity index (χ1v) is 19.4. The van der Waals surface area contributed by atoms with Gasteiger partial charge in [-0.1, -0.05) is 90.9 Å². The first-order valence-electron chi connectivity index (χ1n) is 19.4. The lowest BCUT2D eigenvalue weighted by molar-refractivity contribution is -0.569. The van der Waals surface area contributed by atoms with Crippen molar-refractivity contribution in [3.63, 3.8) is 0 Å². The summed E-state index contributed by atoms with van der Waals surface area (Å²) >= 11 is 0. The zero-order chi connectivity index (χ0) is 38.4. The van der Waals surface area contributed by atoms with E-state index in [0.717, 1.165) is 69.0 Å². The lowest BCUT2D eigenvalue weighted by atomic mass is 9.88. The van der Waals surface area contributed by atoms with Crippen LogP contribution in [0.1, 0.15) is 70.7 Å². The Bertz CT molecular complexity index is 2720. The predicted molar refractivity (Wildman–Crippen MR) is 224 cm³/mol. The molecule has 0 aliphatic rings. The van der Waals surface area contributed by atoms with Gasteiger partial charge in [0.25, 0.3) is 6.33 Å². The second-order valence-corrected chi connectivity index (χ2v) is 16.5. The number of para-hydroxylation sites is 5. The summed E-state index contributed by atoms with van der Waals surface area (Å²) in [6, 6.07) is 42.6. The van der Waals surface area contributed by atoms with Crippen LogP contribution in [0, 0.1) is 23.2 Å². The average molecular weight is 723 g/mol. The minimum atomic E-state index is -0.0126. The van der Waals surface area contributed by atoms with Gasteiger partial charge in [-0.15, -0.1) is 0 Å². The van der Waals surface area contributed by atoms with Crippen LogP contribution in [0.3, 0.4) is 0 Å². The van der Waals surface area contributed by atoms with E-state index in [1.54, 1.807) is 0 Å². The average Bonchev–Trinajstić information content (AvgIpc) is 3.70. The molecule has 0 saturated heterocycles. The Morgan fingerprint density at radius 2 is 1.38 bits per heavy atom. The molecule has 0 saturated carbocycles. The van der Waals surface area contributed by atoms with Crippen molar-refractivity contribution in [2.45, 2.75) is 66.7 Å². The minimum absolute atomic E-state index is 0.0126. The van der Waals surface area contributed by atoms with Crippen molar-refractivity contribution in [3.05, 3.63) is 150 Å². The van der Waals surface area contributed by atoms with Gasteiger partial charge in [0.2, 0.25) is 0 Å². The second-order valence-electron chi connectivity index (χ2n) is 16.5. The van der Waals surface area contributed by atoms with E-state index in [1.807, 2.05) is 18.3 Å². The third kappa shape index (κ3) is 6.76. The van der Waals surface area contributed by atoms with E-state index >= 15 is 0 Å². The maximum Gasteiger partial charge on any atom is 0.255 e. The number of nitrogens with zero attached hydrogens (tertiary/aromatic N) is 5. The fourth-order valence-electron chi connectivity index (χ4n) is 7.94. The molecule has 0 fully saturated rings. The van der Waals surface area contributed by atoms with Gasteiger partial charge >= 0.3 is 0 Å². The summed E-state index contributed by atoms with van der Waals surface area (Å²) in [5, 5.41) is 12.3. The number of ether oxygens (including phenoxy) is 1. The van der Waals surface area contributed by atoms with E-state index in [0.29, 0.717) is 17.4 Å². The number of fused-ring (bicyclic) bond motifs is 4. The SMILES string of the molecule is CC(C)Cc1cc(C#N)cc(CC(C)C)c1-[n+]1cn(-c2ccccc2Oc2ccc3c4ccccc4n(-c4cc(C(C)(C)C)ccn4)c3c2)c2ccccc21. The van der Waals surface area contributed by atoms with Gasteiger partial charge in [-0.3, -0.25) is 4.57 Å². The van der Waals surface area contributed by atoms with Crippen molar-refractivity contribution < 1.29 is 9.30 Å². The third-order valence-electron chi connectivity index (χ3n) is 10.4. The first-order chi connectivity index (χ1) is 26.5. The molecule has 5 aromatic carbocycles. The van der Waals surface area contributed by atoms with E-state index in [-0.39, 0.29) is 5.41 Å². The Balaban J connectivity index is 1.28. The highest BCUT2D eigenvalue weighted by Gasteiger charge is 2.27. The van der Waals surface area contributed by atoms with E-state index < -0.39 is 0 Å². The van der Waals surface area contributed by atoms with Gasteiger partial charge in [0.05, 0.1) is 22.7 Å². The van der Waals surface area contributed by atoms with Gasteiger partial charge in [-0.05, 0) is 102 Å². The predicted octanol–water partition coefficient (Wildman–Crippen LogP) is 11.8. The molecule has 0 unspecified atom stereocenters. The molecule has 8 rings (SSSR count). The van der Waals surface area contributed by atoms with Gasteiger partial charge in [-0.2, -0.15) is 14.4 Å². The van der Waals surface area contributed by atoms with Crippen LogP contribution >= 0.6 is 0 Å². The maximum absolute atomic E-state index is 10.0. The van der Waals surface area contributed by atoms with Crippen LogP contribution in [0.15, 0.2) is 128 Å². The van der Waals surface area contributed by atoms with Gasteiger partial charge in [0.15, 0.2) is 22.5 Å². The molecule has 0 bridgehead atoms. The minimum Gasteiger partial charge on any atom is -0.453 e. The molecule has 274 valence electrons. The number of hydrogen-bond acceptors (Lipinski definition) is 3. The highest BCUT2D eigenvalue weighted by Crippen LogP contribution is 2.37. The van der Waals surface area contributed by atoms with Crippen LogP contribution in [0.25, 0.3) is 50.0 Å². The molecule has 0 radical (unpaired) electrons. The number of nitriles is 1. The summed E-state index contributed by atoms with van der Waals surface area (Å²) in [4.78, 5) is 4.87. The van der Waals surface area contributed by atoms with Gasteiger partial charge in [0, 0.05) is 34.2 Å². The van der Waals surface area contributed by atoms with Crippen LogP contribution < -0.4 is 9.30 Å². The molecule has 6 heteroatoms. The molecule has 6 nitrogen and oxygen atoms in total. The molecule has 0 spiro atoms.